The normalized spacial score (nSPS) is 10.2. The molecule has 1 aromatic carbocycles. The van der Waals surface area contributed by atoms with Crippen LogP contribution < -0.4 is 5.32 Å². The Kier molecular flexibility index (Phi) is 3.58. The van der Waals surface area contributed by atoms with Crippen molar-refractivity contribution in [1.29, 1.82) is 0 Å². The van der Waals surface area contributed by atoms with E-state index in [0.717, 1.165) is 11.3 Å². The first-order valence-electron chi connectivity index (χ1n) is 5.03. The van der Waals surface area contributed by atoms with Gasteiger partial charge in [0.05, 0.1) is 10.7 Å². The highest BCUT2D eigenvalue weighted by Crippen LogP contribution is 2.20. The molecule has 0 saturated carbocycles. The van der Waals surface area contributed by atoms with Crippen molar-refractivity contribution in [3.8, 4) is 0 Å². The third-order valence-corrected chi connectivity index (χ3v) is 2.87. The van der Waals surface area contributed by atoms with Gasteiger partial charge in [-0.3, -0.25) is 0 Å². The van der Waals surface area contributed by atoms with Crippen LogP contribution in [0.15, 0.2) is 41.6 Å². The summed E-state index contributed by atoms with van der Waals surface area (Å²) in [5.41, 5.74) is 1.88. The molecule has 0 spiro atoms. The first-order valence-corrected chi connectivity index (χ1v) is 5.83. The largest absolute Gasteiger partial charge is 0.381 e. The van der Waals surface area contributed by atoms with Crippen molar-refractivity contribution in [2.24, 2.45) is 0 Å². The van der Waals surface area contributed by atoms with Crippen LogP contribution in [0.2, 0.25) is 0 Å². The number of aromatic nitrogens is 2. The van der Waals surface area contributed by atoms with Crippen LogP contribution in [0.25, 0.3) is 6.20 Å². The molecule has 0 saturated heterocycles. The zero-order valence-corrected chi connectivity index (χ0v) is 10.6. The van der Waals surface area contributed by atoms with Crippen LogP contribution in [0.1, 0.15) is 5.56 Å². The van der Waals surface area contributed by atoms with Crippen molar-refractivity contribution in [1.82, 2.24) is 9.78 Å². The van der Waals surface area contributed by atoms with Crippen molar-refractivity contribution >= 4 is 27.8 Å². The molecule has 0 aliphatic carbocycles. The maximum atomic E-state index is 13.0. The predicted octanol–water partition coefficient (Wildman–Crippen LogP) is 3.50. The van der Waals surface area contributed by atoms with Gasteiger partial charge in [0, 0.05) is 30.2 Å². The molecule has 2 rings (SSSR count). The fraction of sp³-hybridized carbons (Fsp3) is 0.0833. The minimum absolute atomic E-state index is 0.268. The SMILES string of the molecule is C=Cn1cc(CNc2ccc(F)c(Br)c2)cn1. The van der Waals surface area contributed by atoms with E-state index in [2.05, 4.69) is 32.9 Å². The van der Waals surface area contributed by atoms with Crippen molar-refractivity contribution in [3.05, 3.63) is 53.0 Å². The van der Waals surface area contributed by atoms with Gasteiger partial charge in [0.1, 0.15) is 5.82 Å². The highest BCUT2D eigenvalue weighted by atomic mass is 79.9. The average molecular weight is 296 g/mol. The second kappa shape index (κ2) is 5.14. The number of benzene rings is 1. The van der Waals surface area contributed by atoms with Crippen LogP contribution in [-0.2, 0) is 6.54 Å². The minimum atomic E-state index is -0.268. The predicted molar refractivity (Wildman–Crippen MR) is 70.0 cm³/mol. The lowest BCUT2D eigenvalue weighted by Gasteiger charge is -2.05. The monoisotopic (exact) mass is 295 g/mol. The highest BCUT2D eigenvalue weighted by Gasteiger charge is 2.01. The molecule has 0 amide bonds. The van der Waals surface area contributed by atoms with Crippen molar-refractivity contribution < 1.29 is 4.39 Å². The topological polar surface area (TPSA) is 29.9 Å². The Bertz CT molecular complexity index is 536. The number of anilines is 1. The Morgan fingerprint density at radius 1 is 1.53 bits per heavy atom. The summed E-state index contributed by atoms with van der Waals surface area (Å²) < 4.78 is 15.1. The molecule has 2 aromatic rings. The van der Waals surface area contributed by atoms with Gasteiger partial charge >= 0.3 is 0 Å². The smallest absolute Gasteiger partial charge is 0.137 e. The molecular formula is C12H11BrFN3. The zero-order chi connectivity index (χ0) is 12.3. The lowest BCUT2D eigenvalue weighted by atomic mass is 10.3. The van der Waals surface area contributed by atoms with E-state index in [1.54, 1.807) is 29.2 Å². The van der Waals surface area contributed by atoms with Crippen LogP contribution in [0, 0.1) is 5.82 Å². The Hall–Kier alpha value is -1.62. The summed E-state index contributed by atoms with van der Waals surface area (Å²) in [6.07, 6.45) is 5.25. The first-order chi connectivity index (χ1) is 8.19. The van der Waals surface area contributed by atoms with E-state index >= 15 is 0 Å². The molecule has 0 unspecified atom stereocenters. The van der Waals surface area contributed by atoms with Gasteiger partial charge < -0.3 is 5.32 Å². The maximum Gasteiger partial charge on any atom is 0.137 e. The van der Waals surface area contributed by atoms with Gasteiger partial charge in [-0.2, -0.15) is 5.10 Å². The summed E-state index contributed by atoms with van der Waals surface area (Å²) in [4.78, 5) is 0. The van der Waals surface area contributed by atoms with Gasteiger partial charge in [-0.05, 0) is 34.1 Å². The van der Waals surface area contributed by atoms with E-state index in [-0.39, 0.29) is 5.82 Å². The van der Waals surface area contributed by atoms with Gasteiger partial charge in [0.2, 0.25) is 0 Å². The highest BCUT2D eigenvalue weighted by molar-refractivity contribution is 9.10. The standard InChI is InChI=1S/C12H11BrFN3/c1-2-17-8-9(7-16-17)6-15-10-3-4-12(14)11(13)5-10/h2-5,7-8,15H,1,6H2. The lowest BCUT2D eigenvalue weighted by molar-refractivity contribution is 0.621. The fourth-order valence-electron chi connectivity index (χ4n) is 1.38. The molecule has 0 aliphatic rings. The van der Waals surface area contributed by atoms with Crippen molar-refractivity contribution in [3.63, 3.8) is 0 Å². The molecular weight excluding hydrogens is 285 g/mol. The molecule has 17 heavy (non-hydrogen) atoms. The minimum Gasteiger partial charge on any atom is -0.381 e. The molecule has 0 bridgehead atoms. The second-order valence-corrected chi connectivity index (χ2v) is 4.35. The van der Waals surface area contributed by atoms with E-state index in [4.69, 9.17) is 0 Å². The van der Waals surface area contributed by atoms with Gasteiger partial charge in [-0.15, -0.1) is 0 Å². The molecule has 0 fully saturated rings. The van der Waals surface area contributed by atoms with E-state index in [0.29, 0.717) is 11.0 Å². The van der Waals surface area contributed by atoms with E-state index in [1.807, 2.05) is 6.20 Å². The molecule has 1 heterocycles. The van der Waals surface area contributed by atoms with Crippen LogP contribution in [0.3, 0.4) is 0 Å². The Morgan fingerprint density at radius 3 is 3.00 bits per heavy atom. The quantitative estimate of drug-likeness (QED) is 0.936. The summed E-state index contributed by atoms with van der Waals surface area (Å²) in [5, 5.41) is 7.25. The summed E-state index contributed by atoms with van der Waals surface area (Å²) in [6.45, 7) is 4.25. The number of hydrogen-bond acceptors (Lipinski definition) is 2. The van der Waals surface area contributed by atoms with Crippen LogP contribution in [-0.4, -0.2) is 9.78 Å². The third-order valence-electron chi connectivity index (χ3n) is 2.26. The molecule has 1 N–H and O–H groups in total. The van der Waals surface area contributed by atoms with Gasteiger partial charge in [0.25, 0.3) is 0 Å². The molecule has 1 aromatic heterocycles. The number of nitrogens with one attached hydrogen (secondary N) is 1. The Balaban J connectivity index is 2.01. The summed E-state index contributed by atoms with van der Waals surface area (Å²) in [7, 11) is 0. The van der Waals surface area contributed by atoms with Gasteiger partial charge in [0.15, 0.2) is 0 Å². The number of rotatable bonds is 4. The molecule has 0 aliphatic heterocycles. The van der Waals surface area contributed by atoms with E-state index in [1.165, 1.54) is 6.07 Å². The second-order valence-electron chi connectivity index (χ2n) is 3.49. The van der Waals surface area contributed by atoms with Gasteiger partial charge in [-0.1, -0.05) is 6.58 Å². The number of halogens is 2. The van der Waals surface area contributed by atoms with E-state index < -0.39 is 0 Å². The summed E-state index contributed by atoms with van der Waals surface area (Å²) in [6, 6.07) is 4.81. The maximum absolute atomic E-state index is 13.0. The molecule has 5 heteroatoms. The molecule has 3 nitrogen and oxygen atoms in total. The van der Waals surface area contributed by atoms with Crippen LogP contribution >= 0.6 is 15.9 Å². The molecule has 0 radical (unpaired) electrons. The molecule has 88 valence electrons. The molecule has 0 atom stereocenters. The Labute approximate surface area is 107 Å². The zero-order valence-electron chi connectivity index (χ0n) is 9.03. The Morgan fingerprint density at radius 2 is 2.35 bits per heavy atom. The van der Waals surface area contributed by atoms with Crippen LogP contribution in [0.4, 0.5) is 10.1 Å². The first kappa shape index (κ1) is 11.9. The van der Waals surface area contributed by atoms with Crippen molar-refractivity contribution in [2.45, 2.75) is 6.54 Å². The van der Waals surface area contributed by atoms with E-state index in [9.17, 15) is 4.39 Å². The van der Waals surface area contributed by atoms with Crippen molar-refractivity contribution in [2.75, 3.05) is 5.32 Å². The van der Waals surface area contributed by atoms with Gasteiger partial charge in [-0.25, -0.2) is 9.07 Å². The number of hydrogen-bond donors (Lipinski definition) is 1. The third kappa shape index (κ3) is 2.94. The van der Waals surface area contributed by atoms with Crippen LogP contribution in [0.5, 0.6) is 0 Å². The lowest BCUT2D eigenvalue weighted by Crippen LogP contribution is -1.98. The summed E-state index contributed by atoms with van der Waals surface area (Å²) >= 11 is 3.14. The fourth-order valence-corrected chi connectivity index (χ4v) is 1.76. The number of nitrogens with zero attached hydrogens (tertiary/aromatic N) is 2. The summed E-state index contributed by atoms with van der Waals surface area (Å²) in [5.74, 6) is -0.268. The average Bonchev–Trinajstić information content (AvgIpc) is 2.79.